The molecule has 28 heavy (non-hydrogen) atoms. The van der Waals surface area contributed by atoms with Crippen LogP contribution in [0.4, 0.5) is 5.69 Å². The van der Waals surface area contributed by atoms with E-state index < -0.39 is 0 Å². The normalized spacial score (nSPS) is 15.3. The van der Waals surface area contributed by atoms with Crippen molar-refractivity contribution in [1.82, 2.24) is 14.5 Å². The molecule has 1 aliphatic rings. The lowest BCUT2D eigenvalue weighted by Crippen LogP contribution is -2.17. The largest absolute Gasteiger partial charge is 0.385 e. The molecular weight excluding hydrogens is 344 g/mol. The third-order valence-electron chi connectivity index (χ3n) is 6.09. The van der Waals surface area contributed by atoms with Crippen LogP contribution < -0.4 is 5.32 Å². The fourth-order valence-electron chi connectivity index (χ4n) is 4.50. The van der Waals surface area contributed by atoms with E-state index in [1.165, 1.54) is 48.6 Å². The van der Waals surface area contributed by atoms with Gasteiger partial charge in [-0.05, 0) is 54.7 Å². The van der Waals surface area contributed by atoms with E-state index in [-0.39, 0.29) is 0 Å². The Kier molecular flexibility index (Phi) is 4.47. The van der Waals surface area contributed by atoms with E-state index in [9.17, 15) is 0 Å². The Morgan fingerprint density at radius 3 is 2.75 bits per heavy atom. The summed E-state index contributed by atoms with van der Waals surface area (Å²) in [6.07, 6.45) is 12.5. The lowest BCUT2D eigenvalue weighted by molar-refractivity contribution is 0.373. The van der Waals surface area contributed by atoms with Crippen molar-refractivity contribution in [1.29, 1.82) is 0 Å². The standard InChI is InChI=1S/C24H26N4/c1-28-12-9-19-13-18(7-8-23(19)28)21-14-20(15-22-24(21)26-11-10-25-22)27-16-17-5-3-2-4-6-17/h7-15,17,27H,2-6,16H2,1H3. The number of hydrogen-bond donors (Lipinski definition) is 1. The van der Waals surface area contributed by atoms with Crippen molar-refractivity contribution in [3.05, 3.63) is 55.0 Å². The van der Waals surface area contributed by atoms with Gasteiger partial charge in [0.05, 0.1) is 11.0 Å². The molecule has 0 atom stereocenters. The van der Waals surface area contributed by atoms with E-state index >= 15 is 0 Å². The second kappa shape index (κ2) is 7.27. The van der Waals surface area contributed by atoms with E-state index in [1.54, 1.807) is 12.4 Å². The molecule has 5 rings (SSSR count). The highest BCUT2D eigenvalue weighted by molar-refractivity contribution is 5.97. The minimum atomic E-state index is 0.787. The van der Waals surface area contributed by atoms with Gasteiger partial charge in [0.25, 0.3) is 0 Å². The number of anilines is 1. The zero-order valence-corrected chi connectivity index (χ0v) is 16.4. The lowest BCUT2D eigenvalue weighted by Gasteiger charge is -2.22. The number of nitrogens with zero attached hydrogens (tertiary/aromatic N) is 3. The van der Waals surface area contributed by atoms with Gasteiger partial charge in [-0.15, -0.1) is 0 Å². The molecule has 1 fully saturated rings. The number of rotatable bonds is 4. The average molecular weight is 370 g/mol. The van der Waals surface area contributed by atoms with Gasteiger partial charge in [0.15, 0.2) is 0 Å². The summed E-state index contributed by atoms with van der Waals surface area (Å²) in [6.45, 7) is 1.04. The number of fused-ring (bicyclic) bond motifs is 2. The zero-order chi connectivity index (χ0) is 18.9. The minimum absolute atomic E-state index is 0.787. The predicted octanol–water partition coefficient (Wildman–Crippen LogP) is 5.78. The number of hydrogen-bond acceptors (Lipinski definition) is 3. The quantitative estimate of drug-likeness (QED) is 0.495. The summed E-state index contributed by atoms with van der Waals surface area (Å²) in [4.78, 5) is 9.22. The first-order chi connectivity index (χ1) is 13.8. The van der Waals surface area contributed by atoms with Crippen molar-refractivity contribution in [3.8, 4) is 11.1 Å². The maximum absolute atomic E-state index is 4.64. The second-order valence-electron chi connectivity index (χ2n) is 8.03. The smallest absolute Gasteiger partial charge is 0.0966 e. The van der Waals surface area contributed by atoms with Crippen molar-refractivity contribution in [2.24, 2.45) is 13.0 Å². The van der Waals surface area contributed by atoms with E-state index in [0.717, 1.165) is 34.7 Å². The fourth-order valence-corrected chi connectivity index (χ4v) is 4.50. The van der Waals surface area contributed by atoms with E-state index in [0.29, 0.717) is 0 Å². The topological polar surface area (TPSA) is 42.7 Å². The first kappa shape index (κ1) is 17.2. The summed E-state index contributed by atoms with van der Waals surface area (Å²) in [5.74, 6) is 0.787. The van der Waals surface area contributed by atoms with Crippen LogP contribution in [0, 0.1) is 5.92 Å². The van der Waals surface area contributed by atoms with Crippen LogP contribution >= 0.6 is 0 Å². The maximum atomic E-state index is 4.64. The van der Waals surface area contributed by atoms with E-state index in [2.05, 4.69) is 69.5 Å². The molecule has 4 heteroatoms. The van der Waals surface area contributed by atoms with Gasteiger partial charge >= 0.3 is 0 Å². The van der Waals surface area contributed by atoms with Crippen LogP contribution in [-0.4, -0.2) is 21.1 Å². The highest BCUT2D eigenvalue weighted by Crippen LogP contribution is 2.32. The third-order valence-corrected chi connectivity index (χ3v) is 6.09. The summed E-state index contributed by atoms with van der Waals surface area (Å²) < 4.78 is 2.15. The van der Waals surface area contributed by atoms with Crippen LogP contribution in [0.3, 0.4) is 0 Å². The Hall–Kier alpha value is -2.88. The van der Waals surface area contributed by atoms with Gasteiger partial charge in [0.2, 0.25) is 0 Å². The monoisotopic (exact) mass is 370 g/mol. The SMILES string of the molecule is Cn1ccc2cc(-c3cc(NCC4CCCCC4)cc4nccnc34)ccc21. The average Bonchev–Trinajstić information content (AvgIpc) is 3.12. The molecule has 2 heterocycles. The van der Waals surface area contributed by atoms with Gasteiger partial charge in [-0.1, -0.05) is 25.3 Å². The van der Waals surface area contributed by atoms with Crippen LogP contribution in [0.2, 0.25) is 0 Å². The highest BCUT2D eigenvalue weighted by atomic mass is 14.9. The molecule has 1 aliphatic carbocycles. The lowest BCUT2D eigenvalue weighted by atomic mass is 9.89. The molecule has 0 spiro atoms. The third kappa shape index (κ3) is 3.24. The van der Waals surface area contributed by atoms with Gasteiger partial charge in [-0.2, -0.15) is 0 Å². The molecule has 2 aromatic heterocycles. The number of aryl methyl sites for hydroxylation is 1. The summed E-state index contributed by atoms with van der Waals surface area (Å²) in [5.41, 5.74) is 6.61. The number of aromatic nitrogens is 3. The van der Waals surface area contributed by atoms with Gasteiger partial charge in [0, 0.05) is 54.3 Å². The van der Waals surface area contributed by atoms with Crippen molar-refractivity contribution >= 4 is 27.6 Å². The minimum Gasteiger partial charge on any atom is -0.385 e. The summed E-state index contributed by atoms with van der Waals surface area (Å²) in [6, 6.07) is 13.2. The fraction of sp³-hybridized carbons (Fsp3) is 0.333. The molecule has 2 aromatic carbocycles. The van der Waals surface area contributed by atoms with Crippen LogP contribution in [0.25, 0.3) is 33.1 Å². The van der Waals surface area contributed by atoms with Crippen LogP contribution in [0.15, 0.2) is 55.0 Å². The Balaban J connectivity index is 1.54. The summed E-state index contributed by atoms with van der Waals surface area (Å²) in [7, 11) is 2.08. The second-order valence-corrected chi connectivity index (χ2v) is 8.03. The Morgan fingerprint density at radius 2 is 1.86 bits per heavy atom. The molecule has 0 amide bonds. The van der Waals surface area contributed by atoms with Gasteiger partial charge in [-0.25, -0.2) is 0 Å². The van der Waals surface area contributed by atoms with E-state index in [4.69, 9.17) is 0 Å². The number of nitrogens with one attached hydrogen (secondary N) is 1. The van der Waals surface area contributed by atoms with Crippen molar-refractivity contribution < 1.29 is 0 Å². The van der Waals surface area contributed by atoms with Crippen molar-refractivity contribution in [2.75, 3.05) is 11.9 Å². The first-order valence-electron chi connectivity index (χ1n) is 10.3. The predicted molar refractivity (Wildman–Crippen MR) is 117 cm³/mol. The molecule has 0 aliphatic heterocycles. The summed E-state index contributed by atoms with van der Waals surface area (Å²) >= 11 is 0. The molecular formula is C24H26N4. The molecule has 0 saturated heterocycles. The Labute approximate surface area is 165 Å². The highest BCUT2D eigenvalue weighted by Gasteiger charge is 2.14. The van der Waals surface area contributed by atoms with Gasteiger partial charge < -0.3 is 9.88 Å². The van der Waals surface area contributed by atoms with Gasteiger partial charge in [-0.3, -0.25) is 9.97 Å². The molecule has 4 aromatic rings. The van der Waals surface area contributed by atoms with Crippen LogP contribution in [0.5, 0.6) is 0 Å². The molecule has 0 bridgehead atoms. The van der Waals surface area contributed by atoms with Crippen LogP contribution in [-0.2, 0) is 7.05 Å². The Morgan fingerprint density at radius 1 is 1.00 bits per heavy atom. The molecule has 0 unspecified atom stereocenters. The molecule has 1 N–H and O–H groups in total. The maximum Gasteiger partial charge on any atom is 0.0966 e. The van der Waals surface area contributed by atoms with Gasteiger partial charge in [0.1, 0.15) is 0 Å². The molecule has 4 nitrogen and oxygen atoms in total. The van der Waals surface area contributed by atoms with Crippen molar-refractivity contribution in [3.63, 3.8) is 0 Å². The van der Waals surface area contributed by atoms with E-state index in [1.807, 2.05) is 0 Å². The van der Waals surface area contributed by atoms with Crippen molar-refractivity contribution in [2.45, 2.75) is 32.1 Å². The number of benzene rings is 2. The summed E-state index contributed by atoms with van der Waals surface area (Å²) in [5, 5.41) is 4.93. The molecule has 142 valence electrons. The zero-order valence-electron chi connectivity index (χ0n) is 16.4. The molecule has 0 radical (unpaired) electrons. The Bertz CT molecular complexity index is 1120. The first-order valence-corrected chi connectivity index (χ1v) is 10.3. The molecule has 1 saturated carbocycles. The van der Waals surface area contributed by atoms with Crippen LogP contribution in [0.1, 0.15) is 32.1 Å².